The Morgan fingerprint density at radius 2 is 2.05 bits per heavy atom. The number of anilines is 1. The van der Waals surface area contributed by atoms with Crippen molar-refractivity contribution in [2.24, 2.45) is 0 Å². The zero-order chi connectivity index (χ0) is 14.4. The molecule has 1 amide bonds. The van der Waals surface area contributed by atoms with Crippen molar-refractivity contribution in [3.8, 4) is 0 Å². The molecule has 4 nitrogen and oxygen atoms in total. The van der Waals surface area contributed by atoms with Gasteiger partial charge in [0.05, 0.1) is 12.7 Å². The number of amides is 1. The zero-order valence-corrected chi connectivity index (χ0v) is 12.5. The summed E-state index contributed by atoms with van der Waals surface area (Å²) >= 11 is 1.63. The lowest BCUT2D eigenvalue weighted by molar-refractivity contribution is -0.115. The molecule has 1 rings (SSSR count). The van der Waals surface area contributed by atoms with Crippen LogP contribution in [-0.4, -0.2) is 25.2 Å². The summed E-state index contributed by atoms with van der Waals surface area (Å²) in [6.07, 6.45) is 2.40. The highest BCUT2D eigenvalue weighted by Crippen LogP contribution is 2.25. The first-order valence-electron chi connectivity index (χ1n) is 6.04. The van der Waals surface area contributed by atoms with Gasteiger partial charge in [0.2, 0.25) is 5.91 Å². The molecule has 0 bridgehead atoms. The largest absolute Gasteiger partial charge is 0.465 e. The van der Waals surface area contributed by atoms with Gasteiger partial charge in [0.1, 0.15) is 0 Å². The van der Waals surface area contributed by atoms with Gasteiger partial charge in [-0.2, -0.15) is 11.8 Å². The van der Waals surface area contributed by atoms with Crippen LogP contribution in [0.1, 0.15) is 34.8 Å². The summed E-state index contributed by atoms with van der Waals surface area (Å²) in [6.45, 7) is 3.63. The minimum atomic E-state index is -0.353. The van der Waals surface area contributed by atoms with Gasteiger partial charge in [-0.3, -0.25) is 4.79 Å². The monoisotopic (exact) mass is 281 g/mol. The third-order valence-electron chi connectivity index (χ3n) is 2.75. The van der Waals surface area contributed by atoms with E-state index in [0.717, 1.165) is 22.6 Å². The number of ether oxygens (including phenoxy) is 1. The Hall–Kier alpha value is -1.49. The molecular formula is C14H19NO3S. The quantitative estimate of drug-likeness (QED) is 0.843. The van der Waals surface area contributed by atoms with E-state index in [0.29, 0.717) is 12.0 Å². The fraction of sp³-hybridized carbons (Fsp3) is 0.429. The predicted molar refractivity (Wildman–Crippen MR) is 78.7 cm³/mol. The Labute approximate surface area is 117 Å². The molecule has 0 saturated carbocycles. The molecule has 0 unspecified atom stereocenters. The first-order valence-corrected chi connectivity index (χ1v) is 7.43. The molecular weight excluding hydrogens is 262 g/mol. The van der Waals surface area contributed by atoms with Gasteiger partial charge in [-0.25, -0.2) is 4.79 Å². The van der Waals surface area contributed by atoms with Gasteiger partial charge in [-0.1, -0.05) is 6.92 Å². The van der Waals surface area contributed by atoms with E-state index in [1.54, 1.807) is 24.8 Å². The molecule has 19 heavy (non-hydrogen) atoms. The van der Waals surface area contributed by atoms with Gasteiger partial charge >= 0.3 is 5.97 Å². The van der Waals surface area contributed by atoms with E-state index in [1.807, 2.05) is 19.2 Å². The van der Waals surface area contributed by atoms with Gasteiger partial charge in [0.15, 0.2) is 0 Å². The molecule has 1 N–H and O–H groups in total. The number of methoxy groups -OCH3 is 1. The summed E-state index contributed by atoms with van der Waals surface area (Å²) in [5.74, 6) is 0.338. The first kappa shape index (κ1) is 15.6. The second kappa shape index (κ2) is 7.19. The van der Waals surface area contributed by atoms with Crippen molar-refractivity contribution < 1.29 is 14.3 Å². The van der Waals surface area contributed by atoms with E-state index in [9.17, 15) is 9.59 Å². The van der Waals surface area contributed by atoms with Crippen molar-refractivity contribution >= 4 is 29.3 Å². The van der Waals surface area contributed by atoms with Gasteiger partial charge < -0.3 is 10.1 Å². The van der Waals surface area contributed by atoms with Crippen LogP contribution in [0.3, 0.4) is 0 Å². The number of nitrogens with one attached hydrogen (secondary N) is 1. The van der Waals surface area contributed by atoms with Crippen LogP contribution in [0.15, 0.2) is 12.1 Å². The highest BCUT2D eigenvalue weighted by Gasteiger charge is 2.14. The van der Waals surface area contributed by atoms with Crippen molar-refractivity contribution in [3.63, 3.8) is 0 Å². The molecule has 104 valence electrons. The molecule has 1 aromatic carbocycles. The molecule has 0 fully saturated rings. The van der Waals surface area contributed by atoms with Crippen molar-refractivity contribution in [1.82, 2.24) is 0 Å². The van der Waals surface area contributed by atoms with E-state index < -0.39 is 0 Å². The number of benzene rings is 1. The maximum Gasteiger partial charge on any atom is 0.338 e. The molecule has 0 radical (unpaired) electrons. The lowest BCUT2D eigenvalue weighted by Gasteiger charge is -2.14. The molecule has 0 heterocycles. The molecule has 1 aromatic rings. The molecule has 0 aliphatic heterocycles. The topological polar surface area (TPSA) is 55.4 Å². The smallest absolute Gasteiger partial charge is 0.338 e. The van der Waals surface area contributed by atoms with Crippen LogP contribution in [0.2, 0.25) is 0 Å². The Bertz CT molecular complexity index is 486. The second-order valence-corrected chi connectivity index (χ2v) is 5.02. The fourth-order valence-electron chi connectivity index (χ4n) is 1.71. The van der Waals surface area contributed by atoms with Crippen molar-refractivity contribution in [3.05, 3.63) is 28.8 Å². The standard InChI is InChI=1S/C14H19NO3S/c1-5-13(16)15-12-6-9(2)11(14(17)18-3)7-10(12)8-19-4/h6-7H,5,8H2,1-4H3,(H,15,16). The van der Waals surface area contributed by atoms with E-state index in [1.165, 1.54) is 7.11 Å². The molecule has 0 aromatic heterocycles. The number of carbonyl (C=O) groups excluding carboxylic acids is 2. The van der Waals surface area contributed by atoms with E-state index in [4.69, 9.17) is 4.74 Å². The number of aryl methyl sites for hydroxylation is 1. The first-order chi connectivity index (χ1) is 9.03. The van der Waals surface area contributed by atoms with Crippen LogP contribution in [0.25, 0.3) is 0 Å². The highest BCUT2D eigenvalue weighted by atomic mass is 32.2. The lowest BCUT2D eigenvalue weighted by Crippen LogP contribution is -2.13. The number of esters is 1. The van der Waals surface area contributed by atoms with E-state index >= 15 is 0 Å². The average Bonchev–Trinajstić information content (AvgIpc) is 2.40. The van der Waals surface area contributed by atoms with Gasteiger partial charge in [0, 0.05) is 17.9 Å². The summed E-state index contributed by atoms with van der Waals surface area (Å²) in [6, 6.07) is 3.62. The Balaban J connectivity index is 3.20. The van der Waals surface area contributed by atoms with Crippen LogP contribution < -0.4 is 5.32 Å². The average molecular weight is 281 g/mol. The maximum absolute atomic E-state index is 11.7. The molecule has 0 aliphatic rings. The van der Waals surface area contributed by atoms with Crippen LogP contribution >= 0.6 is 11.8 Å². The summed E-state index contributed by atoms with van der Waals surface area (Å²) in [4.78, 5) is 23.2. The molecule has 0 saturated heterocycles. The van der Waals surface area contributed by atoms with Crippen LogP contribution in [0, 0.1) is 6.92 Å². The number of carbonyl (C=O) groups is 2. The molecule has 0 spiro atoms. The molecule has 5 heteroatoms. The summed E-state index contributed by atoms with van der Waals surface area (Å²) < 4.78 is 4.76. The van der Waals surface area contributed by atoms with Crippen molar-refractivity contribution in [2.75, 3.05) is 18.7 Å². The Morgan fingerprint density at radius 1 is 1.37 bits per heavy atom. The normalized spacial score (nSPS) is 10.1. The van der Waals surface area contributed by atoms with Crippen LogP contribution in [0.4, 0.5) is 5.69 Å². The summed E-state index contributed by atoms with van der Waals surface area (Å²) in [7, 11) is 1.36. The third-order valence-corrected chi connectivity index (χ3v) is 3.35. The predicted octanol–water partition coefficient (Wildman–Crippen LogP) is 2.99. The second-order valence-electron chi connectivity index (χ2n) is 4.15. The Morgan fingerprint density at radius 3 is 2.58 bits per heavy atom. The fourth-order valence-corrected chi connectivity index (χ4v) is 2.26. The number of hydrogen-bond acceptors (Lipinski definition) is 4. The van der Waals surface area contributed by atoms with Gasteiger partial charge in [-0.05, 0) is 36.4 Å². The maximum atomic E-state index is 11.7. The minimum Gasteiger partial charge on any atom is -0.465 e. The number of hydrogen-bond donors (Lipinski definition) is 1. The highest BCUT2D eigenvalue weighted by molar-refractivity contribution is 7.97. The van der Waals surface area contributed by atoms with Crippen LogP contribution in [-0.2, 0) is 15.3 Å². The Kier molecular flexibility index (Phi) is 5.89. The van der Waals surface area contributed by atoms with E-state index in [2.05, 4.69) is 5.32 Å². The summed E-state index contributed by atoms with van der Waals surface area (Å²) in [5, 5.41) is 2.87. The third kappa shape index (κ3) is 3.99. The SMILES string of the molecule is CCC(=O)Nc1cc(C)c(C(=O)OC)cc1CSC. The molecule has 0 aliphatic carbocycles. The number of rotatable bonds is 5. The van der Waals surface area contributed by atoms with E-state index in [-0.39, 0.29) is 11.9 Å². The van der Waals surface area contributed by atoms with Crippen molar-refractivity contribution in [1.29, 1.82) is 0 Å². The van der Waals surface area contributed by atoms with Crippen LogP contribution in [0.5, 0.6) is 0 Å². The minimum absolute atomic E-state index is 0.0347. The zero-order valence-electron chi connectivity index (χ0n) is 11.7. The number of thioether (sulfide) groups is 1. The molecule has 0 atom stereocenters. The van der Waals surface area contributed by atoms with Gasteiger partial charge in [0.25, 0.3) is 0 Å². The summed E-state index contributed by atoms with van der Waals surface area (Å²) in [5.41, 5.74) is 3.04. The van der Waals surface area contributed by atoms with Crippen molar-refractivity contribution in [2.45, 2.75) is 26.0 Å². The lowest BCUT2D eigenvalue weighted by atomic mass is 10.0. The van der Waals surface area contributed by atoms with Gasteiger partial charge in [-0.15, -0.1) is 0 Å².